The van der Waals surface area contributed by atoms with Gasteiger partial charge < -0.3 is 11.5 Å². The smallest absolute Gasteiger partial charge is 0.294 e. The topological polar surface area (TPSA) is 106 Å². The van der Waals surface area contributed by atoms with Gasteiger partial charge in [0.2, 0.25) is 0 Å². The Balaban J connectivity index is 2.85. The normalized spacial score (nSPS) is 11.9. The Hall–Kier alpha value is -1.63. The SMILES string of the molecule is NCc1cc(S(=O)(=O)O)cc2cc(N)ccc12. The van der Waals surface area contributed by atoms with Gasteiger partial charge in [0.1, 0.15) is 0 Å². The molecule has 2 rings (SSSR count). The number of anilines is 1. The summed E-state index contributed by atoms with van der Waals surface area (Å²) >= 11 is 0. The van der Waals surface area contributed by atoms with Gasteiger partial charge >= 0.3 is 0 Å². The van der Waals surface area contributed by atoms with Crippen LogP contribution < -0.4 is 11.5 Å². The molecule has 0 unspecified atom stereocenters. The van der Waals surface area contributed by atoms with Gasteiger partial charge in [0.05, 0.1) is 4.90 Å². The second-order valence-corrected chi connectivity index (χ2v) is 5.16. The summed E-state index contributed by atoms with van der Waals surface area (Å²) in [5.41, 5.74) is 12.4. The van der Waals surface area contributed by atoms with Crippen molar-refractivity contribution >= 4 is 26.6 Å². The first kappa shape index (κ1) is 11.8. The van der Waals surface area contributed by atoms with Gasteiger partial charge in [-0.3, -0.25) is 4.55 Å². The first-order valence-electron chi connectivity index (χ1n) is 4.91. The van der Waals surface area contributed by atoms with Crippen molar-refractivity contribution < 1.29 is 13.0 Å². The molecule has 5 N–H and O–H groups in total. The van der Waals surface area contributed by atoms with E-state index in [9.17, 15) is 8.42 Å². The highest BCUT2D eigenvalue weighted by atomic mass is 32.2. The van der Waals surface area contributed by atoms with Gasteiger partial charge in [0, 0.05) is 12.2 Å². The van der Waals surface area contributed by atoms with Crippen LogP contribution in [0.5, 0.6) is 0 Å². The zero-order chi connectivity index (χ0) is 12.6. The summed E-state index contributed by atoms with van der Waals surface area (Å²) in [4.78, 5) is -0.170. The Morgan fingerprint density at radius 3 is 2.47 bits per heavy atom. The van der Waals surface area contributed by atoms with Crippen LogP contribution in [-0.2, 0) is 16.7 Å². The van der Waals surface area contributed by atoms with Crippen molar-refractivity contribution in [2.24, 2.45) is 5.73 Å². The van der Waals surface area contributed by atoms with E-state index in [1.165, 1.54) is 12.1 Å². The number of benzene rings is 2. The van der Waals surface area contributed by atoms with Gasteiger partial charge in [0.15, 0.2) is 0 Å². The third-order valence-electron chi connectivity index (χ3n) is 2.55. The van der Waals surface area contributed by atoms with Gasteiger partial charge in [-0.25, -0.2) is 0 Å². The molecule has 0 bridgehead atoms. The quantitative estimate of drug-likeness (QED) is 0.548. The van der Waals surface area contributed by atoms with Crippen LogP contribution in [0.1, 0.15) is 5.56 Å². The zero-order valence-corrected chi connectivity index (χ0v) is 9.74. The molecule has 0 amide bonds. The van der Waals surface area contributed by atoms with Gasteiger partial charge in [-0.05, 0) is 40.6 Å². The summed E-state index contributed by atoms with van der Waals surface area (Å²) in [7, 11) is -4.24. The molecule has 0 aliphatic carbocycles. The summed E-state index contributed by atoms with van der Waals surface area (Å²) in [5, 5.41) is 1.47. The Morgan fingerprint density at radius 1 is 1.18 bits per heavy atom. The van der Waals surface area contributed by atoms with Gasteiger partial charge in [0.25, 0.3) is 10.1 Å². The van der Waals surface area contributed by atoms with Crippen molar-refractivity contribution in [2.75, 3.05) is 5.73 Å². The van der Waals surface area contributed by atoms with Crippen LogP contribution in [0.15, 0.2) is 35.2 Å². The number of fused-ring (bicyclic) bond motifs is 1. The molecule has 0 aliphatic heterocycles. The molecule has 0 aliphatic rings. The molecule has 0 radical (unpaired) electrons. The molecule has 2 aromatic rings. The average molecular weight is 252 g/mol. The number of rotatable bonds is 2. The van der Waals surface area contributed by atoms with Crippen molar-refractivity contribution in [3.8, 4) is 0 Å². The minimum Gasteiger partial charge on any atom is -0.399 e. The maximum absolute atomic E-state index is 11.1. The number of hydrogen-bond donors (Lipinski definition) is 3. The van der Waals surface area contributed by atoms with E-state index >= 15 is 0 Å². The Bertz CT molecular complexity index is 680. The van der Waals surface area contributed by atoms with E-state index in [4.69, 9.17) is 16.0 Å². The standard InChI is InChI=1S/C11H12N2O3S/c12-6-8-5-10(17(14,15)16)4-7-3-9(13)1-2-11(7)8/h1-5H,6,12-13H2,(H,14,15,16). The highest BCUT2D eigenvalue weighted by molar-refractivity contribution is 7.85. The molecule has 90 valence electrons. The van der Waals surface area contributed by atoms with E-state index in [1.807, 2.05) is 0 Å². The molecular formula is C11H12N2O3S. The van der Waals surface area contributed by atoms with Gasteiger partial charge in [-0.2, -0.15) is 8.42 Å². The first-order chi connectivity index (χ1) is 7.91. The molecule has 2 aromatic carbocycles. The highest BCUT2D eigenvalue weighted by Crippen LogP contribution is 2.25. The predicted octanol–water partition coefficient (Wildman–Crippen LogP) is 1.13. The molecule has 6 heteroatoms. The van der Waals surface area contributed by atoms with Crippen LogP contribution in [0.2, 0.25) is 0 Å². The van der Waals surface area contributed by atoms with Crippen molar-refractivity contribution in [1.82, 2.24) is 0 Å². The molecule has 5 nitrogen and oxygen atoms in total. The number of nitrogen functional groups attached to an aromatic ring is 1. The van der Waals surface area contributed by atoms with E-state index in [0.717, 1.165) is 5.39 Å². The summed E-state index contributed by atoms with van der Waals surface area (Å²) in [5.74, 6) is 0. The Labute approximate surface area is 98.8 Å². The summed E-state index contributed by atoms with van der Waals surface area (Å²) in [6, 6.07) is 7.88. The molecule has 0 saturated carbocycles. The van der Waals surface area contributed by atoms with E-state index in [0.29, 0.717) is 16.6 Å². The third kappa shape index (κ3) is 2.23. The molecule has 0 aromatic heterocycles. The van der Waals surface area contributed by atoms with E-state index in [2.05, 4.69) is 0 Å². The Kier molecular flexibility index (Phi) is 2.78. The van der Waals surface area contributed by atoms with Gasteiger partial charge in [-0.1, -0.05) is 6.07 Å². The van der Waals surface area contributed by atoms with Crippen molar-refractivity contribution in [3.05, 3.63) is 35.9 Å². The Morgan fingerprint density at radius 2 is 1.88 bits per heavy atom. The number of hydrogen-bond acceptors (Lipinski definition) is 4. The van der Waals surface area contributed by atoms with Crippen LogP contribution in [0.4, 0.5) is 5.69 Å². The fourth-order valence-corrected chi connectivity index (χ4v) is 2.32. The van der Waals surface area contributed by atoms with Crippen LogP contribution in [0.25, 0.3) is 10.8 Å². The molecule has 0 fully saturated rings. The fraction of sp³-hybridized carbons (Fsp3) is 0.0909. The lowest BCUT2D eigenvalue weighted by molar-refractivity contribution is 0.483. The fourth-order valence-electron chi connectivity index (χ4n) is 1.76. The maximum atomic E-state index is 11.1. The third-order valence-corrected chi connectivity index (χ3v) is 3.39. The minimum absolute atomic E-state index is 0.170. The molecule has 0 spiro atoms. The van der Waals surface area contributed by atoms with E-state index in [-0.39, 0.29) is 11.4 Å². The van der Waals surface area contributed by atoms with Crippen molar-refractivity contribution in [1.29, 1.82) is 0 Å². The number of nitrogens with two attached hydrogens (primary N) is 2. The van der Waals surface area contributed by atoms with Crippen LogP contribution in [-0.4, -0.2) is 13.0 Å². The monoisotopic (exact) mass is 252 g/mol. The van der Waals surface area contributed by atoms with Gasteiger partial charge in [-0.15, -0.1) is 0 Å². The lowest BCUT2D eigenvalue weighted by Gasteiger charge is -2.08. The second kappa shape index (κ2) is 3.99. The summed E-state index contributed by atoms with van der Waals surface area (Å²) in [6.45, 7) is 0.184. The van der Waals surface area contributed by atoms with E-state index < -0.39 is 10.1 Å². The first-order valence-corrected chi connectivity index (χ1v) is 6.35. The average Bonchev–Trinajstić information content (AvgIpc) is 2.25. The summed E-state index contributed by atoms with van der Waals surface area (Å²) < 4.78 is 31.3. The predicted molar refractivity (Wildman–Crippen MR) is 66.1 cm³/mol. The minimum atomic E-state index is -4.24. The van der Waals surface area contributed by atoms with Crippen LogP contribution >= 0.6 is 0 Å². The summed E-state index contributed by atoms with van der Waals surface area (Å²) in [6.07, 6.45) is 0. The second-order valence-electron chi connectivity index (χ2n) is 3.74. The van der Waals surface area contributed by atoms with Crippen LogP contribution in [0.3, 0.4) is 0 Å². The molecule has 0 saturated heterocycles. The highest BCUT2D eigenvalue weighted by Gasteiger charge is 2.12. The maximum Gasteiger partial charge on any atom is 0.294 e. The lowest BCUT2D eigenvalue weighted by atomic mass is 10.0. The zero-order valence-electron chi connectivity index (χ0n) is 8.92. The van der Waals surface area contributed by atoms with Crippen molar-refractivity contribution in [2.45, 2.75) is 11.4 Å². The molecule has 0 heterocycles. The largest absolute Gasteiger partial charge is 0.399 e. The van der Waals surface area contributed by atoms with E-state index in [1.54, 1.807) is 18.2 Å². The molecule has 17 heavy (non-hydrogen) atoms. The van der Waals surface area contributed by atoms with Crippen LogP contribution in [0, 0.1) is 0 Å². The molecule has 0 atom stereocenters. The van der Waals surface area contributed by atoms with Crippen molar-refractivity contribution in [3.63, 3.8) is 0 Å². The lowest BCUT2D eigenvalue weighted by Crippen LogP contribution is -2.03. The molecular weight excluding hydrogens is 240 g/mol.